The zero-order valence-electron chi connectivity index (χ0n) is 18.7. The van der Waals surface area contributed by atoms with Crippen molar-refractivity contribution in [3.05, 3.63) is 80.7 Å². The van der Waals surface area contributed by atoms with E-state index >= 15 is 0 Å². The molecule has 8 nitrogen and oxygen atoms in total. The van der Waals surface area contributed by atoms with E-state index in [1.165, 1.54) is 21.3 Å². The van der Waals surface area contributed by atoms with Crippen LogP contribution in [0.3, 0.4) is 0 Å². The standard InChI is InChI=1S/C24H24FN5O3/c1-15-12-28(18-8-10-19(33-3)11-9-18)23-26-21-20(29(23)13-15)22(31)30(24(32)27(21)2)14-16-4-6-17(25)7-5-16/h4-11,15H,12-14H2,1-3H3/t15-/m1/s1. The van der Waals surface area contributed by atoms with Gasteiger partial charge < -0.3 is 14.2 Å². The summed E-state index contributed by atoms with van der Waals surface area (Å²) < 4.78 is 23.1. The lowest BCUT2D eigenvalue weighted by molar-refractivity contribution is 0.414. The highest BCUT2D eigenvalue weighted by Gasteiger charge is 2.29. The largest absolute Gasteiger partial charge is 0.497 e. The average molecular weight is 449 g/mol. The highest BCUT2D eigenvalue weighted by atomic mass is 19.1. The molecule has 3 heterocycles. The van der Waals surface area contributed by atoms with Crippen molar-refractivity contribution in [3.63, 3.8) is 0 Å². The Labute approximate surface area is 189 Å². The third-order valence-corrected chi connectivity index (χ3v) is 6.08. The Bertz CT molecular complexity index is 1450. The fourth-order valence-corrected chi connectivity index (χ4v) is 4.40. The van der Waals surface area contributed by atoms with Crippen molar-refractivity contribution in [2.24, 2.45) is 13.0 Å². The number of nitrogens with zero attached hydrogens (tertiary/aromatic N) is 5. The van der Waals surface area contributed by atoms with Crippen molar-refractivity contribution >= 4 is 22.8 Å². The van der Waals surface area contributed by atoms with E-state index in [4.69, 9.17) is 9.72 Å². The van der Waals surface area contributed by atoms with Gasteiger partial charge in [0, 0.05) is 25.8 Å². The molecule has 33 heavy (non-hydrogen) atoms. The lowest BCUT2D eigenvalue weighted by atomic mass is 10.1. The monoisotopic (exact) mass is 449 g/mol. The van der Waals surface area contributed by atoms with Crippen molar-refractivity contribution in [3.8, 4) is 5.75 Å². The predicted molar refractivity (Wildman–Crippen MR) is 124 cm³/mol. The van der Waals surface area contributed by atoms with Gasteiger partial charge in [-0.2, -0.15) is 4.98 Å². The molecule has 0 saturated heterocycles. The maximum atomic E-state index is 13.5. The Kier molecular flexibility index (Phi) is 5.03. The van der Waals surface area contributed by atoms with Crippen LogP contribution < -0.4 is 20.9 Å². The minimum Gasteiger partial charge on any atom is -0.497 e. The van der Waals surface area contributed by atoms with E-state index in [1.54, 1.807) is 26.3 Å². The van der Waals surface area contributed by atoms with Gasteiger partial charge in [-0.1, -0.05) is 19.1 Å². The van der Waals surface area contributed by atoms with Gasteiger partial charge in [0.05, 0.1) is 13.7 Å². The first-order chi connectivity index (χ1) is 15.9. The molecule has 0 amide bonds. The van der Waals surface area contributed by atoms with E-state index in [1.807, 2.05) is 28.8 Å². The third-order valence-electron chi connectivity index (χ3n) is 6.08. The predicted octanol–water partition coefficient (Wildman–Crippen LogP) is 2.88. The SMILES string of the molecule is COc1ccc(N2C[C@@H](C)Cn3c2nc2c3c(=O)n(Cc3ccc(F)cc3)c(=O)n2C)cc1. The van der Waals surface area contributed by atoms with Crippen LogP contribution in [0.4, 0.5) is 16.0 Å². The molecule has 2 aromatic heterocycles. The quantitative estimate of drug-likeness (QED) is 0.479. The first-order valence-electron chi connectivity index (χ1n) is 10.7. The molecule has 1 atom stereocenters. The van der Waals surface area contributed by atoms with E-state index < -0.39 is 11.2 Å². The summed E-state index contributed by atoms with van der Waals surface area (Å²) in [5.74, 6) is 1.26. The maximum absolute atomic E-state index is 13.5. The fourth-order valence-electron chi connectivity index (χ4n) is 4.40. The molecular weight excluding hydrogens is 425 g/mol. The number of ether oxygens (including phenoxy) is 1. The molecule has 2 aromatic carbocycles. The van der Waals surface area contributed by atoms with Crippen molar-refractivity contribution < 1.29 is 9.13 Å². The number of anilines is 2. The van der Waals surface area contributed by atoms with Crippen LogP contribution >= 0.6 is 0 Å². The first-order valence-corrected chi connectivity index (χ1v) is 10.7. The van der Waals surface area contributed by atoms with Crippen LogP contribution in [-0.4, -0.2) is 32.3 Å². The molecule has 0 aliphatic carbocycles. The van der Waals surface area contributed by atoms with E-state index in [9.17, 15) is 14.0 Å². The van der Waals surface area contributed by atoms with Gasteiger partial charge in [0.25, 0.3) is 5.56 Å². The van der Waals surface area contributed by atoms with Crippen LogP contribution in [0.5, 0.6) is 5.75 Å². The molecular formula is C24H24FN5O3. The molecule has 0 fully saturated rings. The molecule has 9 heteroatoms. The highest BCUT2D eigenvalue weighted by molar-refractivity contribution is 5.77. The Balaban J connectivity index is 1.68. The molecule has 0 radical (unpaired) electrons. The highest BCUT2D eigenvalue weighted by Crippen LogP contribution is 2.33. The summed E-state index contributed by atoms with van der Waals surface area (Å²) in [5, 5.41) is 0. The molecule has 0 spiro atoms. The first kappa shape index (κ1) is 21.0. The minimum atomic E-state index is -0.462. The van der Waals surface area contributed by atoms with E-state index in [0.717, 1.165) is 18.0 Å². The summed E-state index contributed by atoms with van der Waals surface area (Å²) in [6, 6.07) is 13.4. The molecule has 170 valence electrons. The van der Waals surface area contributed by atoms with Crippen LogP contribution in [0.1, 0.15) is 12.5 Å². The smallest absolute Gasteiger partial charge is 0.332 e. The Morgan fingerprint density at radius 3 is 2.42 bits per heavy atom. The molecule has 4 aromatic rings. The average Bonchev–Trinajstić information content (AvgIpc) is 3.21. The number of rotatable bonds is 4. The van der Waals surface area contributed by atoms with Crippen LogP contribution in [-0.2, 0) is 20.1 Å². The molecule has 0 N–H and O–H groups in total. The second-order valence-corrected chi connectivity index (χ2v) is 8.47. The summed E-state index contributed by atoms with van der Waals surface area (Å²) >= 11 is 0. The maximum Gasteiger partial charge on any atom is 0.332 e. The number of methoxy groups -OCH3 is 1. The Morgan fingerprint density at radius 2 is 1.76 bits per heavy atom. The lowest BCUT2D eigenvalue weighted by Gasteiger charge is -2.33. The topological polar surface area (TPSA) is 74.3 Å². The van der Waals surface area contributed by atoms with Crippen LogP contribution in [0.15, 0.2) is 58.1 Å². The van der Waals surface area contributed by atoms with Gasteiger partial charge in [0.2, 0.25) is 5.95 Å². The van der Waals surface area contributed by atoms with Crippen LogP contribution in [0.2, 0.25) is 0 Å². The van der Waals surface area contributed by atoms with Crippen LogP contribution in [0, 0.1) is 11.7 Å². The summed E-state index contributed by atoms with van der Waals surface area (Å²) in [4.78, 5) is 33.4. The molecule has 1 aliphatic heterocycles. The number of imidazole rings is 1. The van der Waals surface area contributed by atoms with Gasteiger partial charge in [0.1, 0.15) is 11.6 Å². The fraction of sp³-hybridized carbons (Fsp3) is 0.292. The van der Waals surface area contributed by atoms with E-state index in [-0.39, 0.29) is 18.3 Å². The van der Waals surface area contributed by atoms with Crippen molar-refractivity contribution in [2.75, 3.05) is 18.6 Å². The van der Waals surface area contributed by atoms with Crippen molar-refractivity contribution in [1.29, 1.82) is 0 Å². The second kappa shape index (κ2) is 7.91. The Morgan fingerprint density at radius 1 is 1.06 bits per heavy atom. The van der Waals surface area contributed by atoms with Crippen molar-refractivity contribution in [2.45, 2.75) is 20.0 Å². The van der Waals surface area contributed by atoms with Gasteiger partial charge in [-0.15, -0.1) is 0 Å². The number of halogens is 1. The minimum absolute atomic E-state index is 0.0555. The molecule has 5 rings (SSSR count). The second-order valence-electron chi connectivity index (χ2n) is 8.47. The summed E-state index contributed by atoms with van der Waals surface area (Å²) in [7, 11) is 3.24. The third kappa shape index (κ3) is 3.49. The normalized spacial score (nSPS) is 15.6. The summed E-state index contributed by atoms with van der Waals surface area (Å²) in [5.41, 5.74) is 1.47. The van der Waals surface area contributed by atoms with E-state index in [2.05, 4.69) is 11.8 Å². The Hall–Kier alpha value is -3.88. The van der Waals surface area contributed by atoms with Gasteiger partial charge in [0.15, 0.2) is 11.2 Å². The molecule has 1 aliphatic rings. The molecule has 0 saturated carbocycles. The lowest BCUT2D eigenvalue weighted by Crippen LogP contribution is -2.40. The van der Waals surface area contributed by atoms with Gasteiger partial charge in [-0.05, 0) is 47.9 Å². The van der Waals surface area contributed by atoms with Gasteiger partial charge in [-0.3, -0.25) is 13.9 Å². The van der Waals surface area contributed by atoms with Gasteiger partial charge in [-0.25, -0.2) is 9.18 Å². The van der Waals surface area contributed by atoms with Crippen LogP contribution in [0.25, 0.3) is 11.2 Å². The summed E-state index contributed by atoms with van der Waals surface area (Å²) in [6.07, 6.45) is 0. The number of benzene rings is 2. The number of hydrogen-bond acceptors (Lipinski definition) is 5. The van der Waals surface area contributed by atoms with E-state index in [0.29, 0.717) is 29.2 Å². The zero-order chi connectivity index (χ0) is 23.3. The van der Waals surface area contributed by atoms with Gasteiger partial charge >= 0.3 is 5.69 Å². The number of hydrogen-bond donors (Lipinski definition) is 0. The number of fused-ring (bicyclic) bond motifs is 3. The number of aryl methyl sites for hydroxylation is 1. The molecule has 0 bridgehead atoms. The number of aromatic nitrogens is 4. The van der Waals surface area contributed by atoms with Crippen molar-refractivity contribution in [1.82, 2.24) is 18.7 Å². The summed E-state index contributed by atoms with van der Waals surface area (Å²) in [6.45, 7) is 3.51. The molecule has 0 unspecified atom stereocenters. The zero-order valence-corrected chi connectivity index (χ0v) is 18.7.